The van der Waals surface area contributed by atoms with Crippen LogP contribution in [0, 0.1) is 10.1 Å². The summed E-state index contributed by atoms with van der Waals surface area (Å²) in [5.74, 6) is -0.844. The van der Waals surface area contributed by atoms with Crippen molar-refractivity contribution in [1.29, 1.82) is 0 Å². The number of carbonyl (C=O) groups excluding carboxylic acids is 1. The van der Waals surface area contributed by atoms with Crippen LogP contribution in [0.5, 0.6) is 5.75 Å². The fourth-order valence-corrected chi connectivity index (χ4v) is 2.99. The van der Waals surface area contributed by atoms with E-state index in [0.29, 0.717) is 5.02 Å². The Bertz CT molecular complexity index is 915. The first-order valence-electron chi connectivity index (χ1n) is 6.65. The summed E-state index contributed by atoms with van der Waals surface area (Å²) in [5, 5.41) is 11.2. The fraction of sp³-hybridized carbons (Fsp3) is 0.0714. The van der Waals surface area contributed by atoms with Gasteiger partial charge in [-0.15, -0.1) is 4.83 Å². The summed E-state index contributed by atoms with van der Waals surface area (Å²) in [5.41, 5.74) is 1.74. The lowest BCUT2D eigenvalue weighted by Gasteiger charge is -2.11. The zero-order valence-corrected chi connectivity index (χ0v) is 14.3. The minimum absolute atomic E-state index is 0.112. The first-order chi connectivity index (χ1) is 11.7. The van der Waals surface area contributed by atoms with Crippen LogP contribution in [0.15, 0.2) is 47.4 Å². The number of amides is 1. The lowest BCUT2D eigenvalue weighted by Crippen LogP contribution is -2.41. The van der Waals surface area contributed by atoms with Crippen LogP contribution in [-0.2, 0) is 10.0 Å². The molecule has 2 aromatic carbocycles. The van der Waals surface area contributed by atoms with Gasteiger partial charge in [0.05, 0.1) is 12.0 Å². The average Bonchev–Trinajstić information content (AvgIpc) is 2.59. The summed E-state index contributed by atoms with van der Waals surface area (Å²) in [6, 6.07) is 8.82. The highest BCUT2D eigenvalue weighted by Crippen LogP contribution is 2.27. The van der Waals surface area contributed by atoms with Crippen molar-refractivity contribution in [3.63, 3.8) is 0 Å². The Morgan fingerprint density at radius 3 is 2.40 bits per heavy atom. The van der Waals surface area contributed by atoms with E-state index in [0.717, 1.165) is 18.2 Å². The van der Waals surface area contributed by atoms with E-state index in [9.17, 15) is 23.3 Å². The van der Waals surface area contributed by atoms with Crippen molar-refractivity contribution in [3.05, 3.63) is 63.2 Å². The quantitative estimate of drug-likeness (QED) is 0.577. The number of carbonyl (C=O) groups is 1. The van der Waals surface area contributed by atoms with Gasteiger partial charge in [0.1, 0.15) is 10.6 Å². The van der Waals surface area contributed by atoms with Gasteiger partial charge >= 0.3 is 0 Å². The molecule has 1 amide bonds. The second-order valence-corrected chi connectivity index (χ2v) is 6.75. The Balaban J connectivity index is 2.24. The van der Waals surface area contributed by atoms with Gasteiger partial charge in [-0.1, -0.05) is 11.6 Å². The van der Waals surface area contributed by atoms with E-state index in [1.54, 1.807) is 0 Å². The summed E-state index contributed by atoms with van der Waals surface area (Å²) in [4.78, 5) is 23.4. The van der Waals surface area contributed by atoms with Gasteiger partial charge in [-0.25, -0.2) is 8.42 Å². The van der Waals surface area contributed by atoms with Gasteiger partial charge in [0.2, 0.25) is 0 Å². The summed E-state index contributed by atoms with van der Waals surface area (Å²) < 4.78 is 29.6. The number of hydrazine groups is 1. The second kappa shape index (κ2) is 7.47. The molecular formula is C14H12ClN3O6S. The lowest BCUT2D eigenvalue weighted by molar-refractivity contribution is -0.385. The molecule has 2 rings (SSSR count). The Kier molecular flexibility index (Phi) is 5.57. The van der Waals surface area contributed by atoms with Crippen LogP contribution in [0.25, 0.3) is 0 Å². The number of hydrogen-bond acceptors (Lipinski definition) is 6. The summed E-state index contributed by atoms with van der Waals surface area (Å²) in [6.45, 7) is 0. The van der Waals surface area contributed by atoms with Crippen LogP contribution >= 0.6 is 11.6 Å². The molecule has 0 heterocycles. The number of non-ortho nitro benzene ring substituents is 1. The molecule has 0 aromatic heterocycles. The van der Waals surface area contributed by atoms with Crippen molar-refractivity contribution in [2.75, 3.05) is 7.11 Å². The van der Waals surface area contributed by atoms with Crippen molar-refractivity contribution in [1.82, 2.24) is 10.3 Å². The number of nitrogens with zero attached hydrogens (tertiary/aromatic N) is 1. The third-order valence-corrected chi connectivity index (χ3v) is 4.57. The molecule has 0 aliphatic heterocycles. The molecule has 0 saturated heterocycles. The normalized spacial score (nSPS) is 11.0. The number of benzene rings is 2. The summed E-state index contributed by atoms with van der Waals surface area (Å²) >= 11 is 5.71. The van der Waals surface area contributed by atoms with Crippen LogP contribution in [0.3, 0.4) is 0 Å². The fourth-order valence-electron chi connectivity index (χ4n) is 1.83. The van der Waals surface area contributed by atoms with Crippen LogP contribution in [0.4, 0.5) is 5.69 Å². The minimum atomic E-state index is -4.31. The van der Waals surface area contributed by atoms with Gasteiger partial charge in [-0.05, 0) is 30.3 Å². The van der Waals surface area contributed by atoms with Crippen molar-refractivity contribution in [2.45, 2.75) is 4.90 Å². The number of nitrogens with one attached hydrogen (secondary N) is 2. The molecule has 0 unspecified atom stereocenters. The number of sulfonamides is 1. The van der Waals surface area contributed by atoms with Crippen LogP contribution in [0.2, 0.25) is 5.02 Å². The van der Waals surface area contributed by atoms with E-state index in [2.05, 4.69) is 0 Å². The largest absolute Gasteiger partial charge is 0.495 e. The van der Waals surface area contributed by atoms with Crippen molar-refractivity contribution in [3.8, 4) is 5.75 Å². The van der Waals surface area contributed by atoms with Crippen molar-refractivity contribution < 1.29 is 22.9 Å². The number of nitro groups is 1. The number of nitro benzene ring substituents is 1. The molecule has 9 nitrogen and oxygen atoms in total. The second-order valence-electron chi connectivity index (χ2n) is 4.66. The van der Waals surface area contributed by atoms with Gasteiger partial charge < -0.3 is 4.74 Å². The van der Waals surface area contributed by atoms with E-state index >= 15 is 0 Å². The number of rotatable bonds is 6. The monoisotopic (exact) mass is 385 g/mol. The van der Waals surface area contributed by atoms with Crippen molar-refractivity contribution >= 4 is 33.2 Å². The molecule has 132 valence electrons. The lowest BCUT2D eigenvalue weighted by atomic mass is 10.2. The molecule has 2 N–H and O–H groups in total. The molecule has 0 fully saturated rings. The van der Waals surface area contributed by atoms with Gasteiger partial charge in [0, 0.05) is 22.7 Å². The Labute approximate surface area is 147 Å². The third-order valence-electron chi connectivity index (χ3n) is 3.05. The first kappa shape index (κ1) is 18.6. The molecule has 0 bridgehead atoms. The van der Waals surface area contributed by atoms with E-state index in [4.69, 9.17) is 16.3 Å². The smallest absolute Gasteiger partial charge is 0.271 e. The molecule has 0 spiro atoms. The zero-order valence-electron chi connectivity index (χ0n) is 12.7. The van der Waals surface area contributed by atoms with Crippen LogP contribution in [-0.4, -0.2) is 26.4 Å². The SMILES string of the molecule is COc1ccc([N+](=O)[O-])cc1S(=O)(=O)NNC(=O)c1ccc(Cl)cc1. The highest BCUT2D eigenvalue weighted by atomic mass is 35.5. The number of halogens is 1. The number of hydrogen-bond donors (Lipinski definition) is 2. The highest BCUT2D eigenvalue weighted by Gasteiger charge is 2.23. The zero-order chi connectivity index (χ0) is 18.6. The molecule has 0 saturated carbocycles. The van der Waals surface area contributed by atoms with Gasteiger partial charge in [0.25, 0.3) is 21.6 Å². The maximum atomic E-state index is 12.3. The van der Waals surface area contributed by atoms with Gasteiger partial charge in [0.15, 0.2) is 0 Å². The Morgan fingerprint density at radius 2 is 1.84 bits per heavy atom. The molecule has 2 aromatic rings. The number of ether oxygens (including phenoxy) is 1. The predicted molar refractivity (Wildman–Crippen MR) is 88.9 cm³/mol. The Morgan fingerprint density at radius 1 is 1.20 bits per heavy atom. The van der Waals surface area contributed by atoms with E-state index < -0.39 is 31.4 Å². The maximum absolute atomic E-state index is 12.3. The van der Waals surface area contributed by atoms with E-state index in [1.165, 1.54) is 31.4 Å². The van der Waals surface area contributed by atoms with E-state index in [1.807, 2.05) is 10.3 Å². The standard InChI is InChI=1S/C14H12ClN3O6S/c1-24-12-7-6-11(18(20)21)8-13(12)25(22,23)17-16-14(19)9-2-4-10(15)5-3-9/h2-8,17H,1H3,(H,16,19). The minimum Gasteiger partial charge on any atom is -0.495 e. The molecule has 25 heavy (non-hydrogen) atoms. The predicted octanol–water partition coefficient (Wildman–Crippen LogP) is 1.88. The average molecular weight is 386 g/mol. The first-order valence-corrected chi connectivity index (χ1v) is 8.51. The van der Waals surface area contributed by atoms with Gasteiger partial charge in [-0.3, -0.25) is 20.3 Å². The summed E-state index contributed by atoms with van der Waals surface area (Å²) in [7, 11) is -3.09. The maximum Gasteiger partial charge on any atom is 0.271 e. The molecular weight excluding hydrogens is 374 g/mol. The Hall–Kier alpha value is -2.69. The topological polar surface area (TPSA) is 128 Å². The van der Waals surface area contributed by atoms with E-state index in [-0.39, 0.29) is 11.3 Å². The summed E-state index contributed by atoms with van der Waals surface area (Å²) in [6.07, 6.45) is 0. The molecule has 0 aliphatic rings. The molecule has 0 atom stereocenters. The highest BCUT2D eigenvalue weighted by molar-refractivity contribution is 7.89. The van der Waals surface area contributed by atoms with Crippen molar-refractivity contribution in [2.24, 2.45) is 0 Å². The van der Waals surface area contributed by atoms with Gasteiger partial charge in [-0.2, -0.15) is 0 Å². The third kappa shape index (κ3) is 4.44. The molecule has 0 aliphatic carbocycles. The van der Waals surface area contributed by atoms with Crippen LogP contribution in [0.1, 0.15) is 10.4 Å². The molecule has 11 heteroatoms. The van der Waals surface area contributed by atoms with Crippen LogP contribution < -0.4 is 15.0 Å². The molecule has 0 radical (unpaired) electrons. The number of methoxy groups -OCH3 is 1.